The van der Waals surface area contributed by atoms with Crippen LogP contribution in [0, 0.1) is 0 Å². The van der Waals surface area contributed by atoms with Crippen LogP contribution in [-0.2, 0) is 0 Å². The maximum atomic E-state index is 11.6. The van der Waals surface area contributed by atoms with Gasteiger partial charge in [0.05, 0.1) is 0 Å². The topological polar surface area (TPSA) is 39.2 Å². The number of carbonyl (C=O) groups is 1. The highest BCUT2D eigenvalue weighted by molar-refractivity contribution is 5.95. The number of aromatic nitrogens is 1. The lowest BCUT2D eigenvalue weighted by molar-refractivity contribution is 0.0988. The third kappa shape index (κ3) is 3.94. The van der Waals surface area contributed by atoms with E-state index in [1.54, 1.807) is 18.3 Å². The maximum Gasteiger partial charge on any atom is 0.219 e. The zero-order valence-corrected chi connectivity index (χ0v) is 13.5. The number of ether oxygens (including phenoxy) is 1. The smallest absolute Gasteiger partial charge is 0.219 e. The van der Waals surface area contributed by atoms with E-state index in [4.69, 9.17) is 4.74 Å². The summed E-state index contributed by atoms with van der Waals surface area (Å²) >= 11 is 0. The van der Waals surface area contributed by atoms with Gasteiger partial charge in [-0.05, 0) is 42.5 Å². The van der Waals surface area contributed by atoms with Gasteiger partial charge in [0.2, 0.25) is 5.88 Å². The molecule has 0 aliphatic rings. The first-order valence-corrected chi connectivity index (χ1v) is 7.94. The van der Waals surface area contributed by atoms with Crippen molar-refractivity contribution in [3.05, 3.63) is 53.7 Å². The summed E-state index contributed by atoms with van der Waals surface area (Å²) in [6.07, 6.45) is 4.34. The van der Waals surface area contributed by atoms with Crippen molar-refractivity contribution in [3.8, 4) is 11.6 Å². The molecule has 2 aromatic rings. The van der Waals surface area contributed by atoms with E-state index in [1.165, 1.54) is 5.56 Å². The van der Waals surface area contributed by atoms with Crippen LogP contribution in [0.1, 0.15) is 61.9 Å². The molecule has 3 nitrogen and oxygen atoms in total. The number of hydrogen-bond acceptors (Lipinski definition) is 3. The predicted octanol–water partition coefficient (Wildman–Crippen LogP) is 5.37. The van der Waals surface area contributed by atoms with Gasteiger partial charge in [0.1, 0.15) is 5.75 Å². The van der Waals surface area contributed by atoms with Gasteiger partial charge < -0.3 is 4.74 Å². The SMILES string of the molecule is CCC(=O)c1ccc(Oc2ccc(C(CC)CC)cc2)nc1. The van der Waals surface area contributed by atoms with Crippen LogP contribution in [0.5, 0.6) is 11.6 Å². The minimum absolute atomic E-state index is 0.0913. The Kier molecular flexibility index (Phi) is 5.70. The quantitative estimate of drug-likeness (QED) is 0.645. The number of Topliss-reactive ketones (excluding diaryl/α,β-unsaturated/α-hetero) is 1. The monoisotopic (exact) mass is 297 g/mol. The highest BCUT2D eigenvalue weighted by atomic mass is 16.5. The maximum absolute atomic E-state index is 11.6. The van der Waals surface area contributed by atoms with Crippen LogP contribution in [-0.4, -0.2) is 10.8 Å². The minimum atomic E-state index is 0.0913. The first-order chi connectivity index (χ1) is 10.7. The van der Waals surface area contributed by atoms with E-state index >= 15 is 0 Å². The van der Waals surface area contributed by atoms with Gasteiger partial charge >= 0.3 is 0 Å². The second kappa shape index (κ2) is 7.74. The van der Waals surface area contributed by atoms with Gasteiger partial charge in [0.25, 0.3) is 0 Å². The van der Waals surface area contributed by atoms with Crippen molar-refractivity contribution < 1.29 is 9.53 Å². The van der Waals surface area contributed by atoms with Crippen LogP contribution in [0.2, 0.25) is 0 Å². The fraction of sp³-hybridized carbons (Fsp3) is 0.368. The lowest BCUT2D eigenvalue weighted by Crippen LogP contribution is -1.98. The van der Waals surface area contributed by atoms with Crippen molar-refractivity contribution in [3.63, 3.8) is 0 Å². The molecule has 116 valence electrons. The van der Waals surface area contributed by atoms with Crippen molar-refractivity contribution >= 4 is 5.78 Å². The molecule has 0 radical (unpaired) electrons. The molecule has 0 fully saturated rings. The van der Waals surface area contributed by atoms with Crippen LogP contribution < -0.4 is 4.74 Å². The lowest BCUT2D eigenvalue weighted by Gasteiger charge is -2.13. The zero-order valence-electron chi connectivity index (χ0n) is 13.5. The summed E-state index contributed by atoms with van der Waals surface area (Å²) in [5.41, 5.74) is 1.97. The average molecular weight is 297 g/mol. The third-order valence-electron chi connectivity index (χ3n) is 3.94. The van der Waals surface area contributed by atoms with Gasteiger partial charge in [-0.15, -0.1) is 0 Å². The molecular formula is C19H23NO2. The Morgan fingerprint density at radius 3 is 2.23 bits per heavy atom. The molecule has 2 rings (SSSR count). The number of hydrogen-bond donors (Lipinski definition) is 0. The molecule has 3 heteroatoms. The van der Waals surface area contributed by atoms with Crippen molar-refractivity contribution in [2.75, 3.05) is 0 Å². The summed E-state index contributed by atoms with van der Waals surface area (Å²) in [6, 6.07) is 11.7. The van der Waals surface area contributed by atoms with E-state index in [1.807, 2.05) is 19.1 Å². The second-order valence-corrected chi connectivity index (χ2v) is 5.35. The first-order valence-electron chi connectivity index (χ1n) is 7.94. The Morgan fingerprint density at radius 2 is 1.73 bits per heavy atom. The van der Waals surface area contributed by atoms with Gasteiger partial charge in [-0.25, -0.2) is 4.98 Å². The van der Waals surface area contributed by atoms with Crippen molar-refractivity contribution in [2.24, 2.45) is 0 Å². The molecule has 0 N–H and O–H groups in total. The van der Waals surface area contributed by atoms with Crippen LogP contribution in [0.4, 0.5) is 0 Å². The molecule has 1 heterocycles. The highest BCUT2D eigenvalue weighted by Crippen LogP contribution is 2.26. The number of carbonyl (C=O) groups excluding carboxylic acids is 1. The van der Waals surface area contributed by atoms with E-state index in [0.29, 0.717) is 23.8 Å². The Morgan fingerprint density at radius 1 is 1.05 bits per heavy atom. The largest absolute Gasteiger partial charge is 0.439 e. The van der Waals surface area contributed by atoms with Crippen molar-refractivity contribution in [1.29, 1.82) is 0 Å². The molecule has 1 aromatic carbocycles. The molecule has 0 atom stereocenters. The molecule has 0 spiro atoms. The molecule has 22 heavy (non-hydrogen) atoms. The van der Waals surface area contributed by atoms with Gasteiger partial charge in [0.15, 0.2) is 5.78 Å². The van der Waals surface area contributed by atoms with Crippen LogP contribution in [0.3, 0.4) is 0 Å². The lowest BCUT2D eigenvalue weighted by atomic mass is 9.94. The summed E-state index contributed by atoms with van der Waals surface area (Å²) in [4.78, 5) is 15.8. The van der Waals surface area contributed by atoms with Gasteiger partial charge in [0, 0.05) is 24.2 Å². The summed E-state index contributed by atoms with van der Waals surface area (Å²) in [7, 11) is 0. The molecule has 0 saturated carbocycles. The van der Waals surface area contributed by atoms with Gasteiger partial charge in [-0.3, -0.25) is 4.79 Å². The Balaban J connectivity index is 2.06. The van der Waals surface area contributed by atoms with E-state index in [9.17, 15) is 4.79 Å². The molecule has 0 unspecified atom stereocenters. The molecule has 0 aliphatic heterocycles. The highest BCUT2D eigenvalue weighted by Gasteiger charge is 2.08. The van der Waals surface area contributed by atoms with Crippen LogP contribution in [0.25, 0.3) is 0 Å². The summed E-state index contributed by atoms with van der Waals surface area (Å²) < 4.78 is 5.73. The van der Waals surface area contributed by atoms with Gasteiger partial charge in [-0.2, -0.15) is 0 Å². The van der Waals surface area contributed by atoms with Crippen molar-refractivity contribution in [2.45, 2.75) is 46.0 Å². The Labute approximate surface area is 132 Å². The number of nitrogens with zero attached hydrogens (tertiary/aromatic N) is 1. The van der Waals surface area contributed by atoms with E-state index in [-0.39, 0.29) is 5.78 Å². The summed E-state index contributed by atoms with van der Waals surface area (Å²) in [5.74, 6) is 1.96. The fourth-order valence-corrected chi connectivity index (χ4v) is 2.50. The van der Waals surface area contributed by atoms with Gasteiger partial charge in [-0.1, -0.05) is 32.9 Å². The van der Waals surface area contributed by atoms with Crippen LogP contribution in [0.15, 0.2) is 42.6 Å². The second-order valence-electron chi connectivity index (χ2n) is 5.35. The number of benzene rings is 1. The zero-order chi connectivity index (χ0) is 15.9. The van der Waals surface area contributed by atoms with Crippen molar-refractivity contribution in [1.82, 2.24) is 4.98 Å². The summed E-state index contributed by atoms with van der Waals surface area (Å²) in [5, 5.41) is 0. The first kappa shape index (κ1) is 16.2. The number of pyridine rings is 1. The normalized spacial score (nSPS) is 10.7. The molecule has 0 aliphatic carbocycles. The molecular weight excluding hydrogens is 274 g/mol. The molecule has 0 amide bonds. The molecule has 0 bridgehead atoms. The van der Waals surface area contributed by atoms with E-state index in [2.05, 4.69) is 31.0 Å². The molecule has 1 aromatic heterocycles. The average Bonchev–Trinajstić information content (AvgIpc) is 2.57. The standard InChI is InChI=1S/C19H23NO2/c1-4-14(5-2)15-7-10-17(11-8-15)22-19-12-9-16(13-20-19)18(21)6-3/h7-14H,4-6H2,1-3H3. The van der Waals surface area contributed by atoms with E-state index < -0.39 is 0 Å². The Hall–Kier alpha value is -2.16. The minimum Gasteiger partial charge on any atom is -0.439 e. The van der Waals surface area contributed by atoms with E-state index in [0.717, 1.165) is 18.6 Å². The molecule has 0 saturated heterocycles. The predicted molar refractivity (Wildman–Crippen MR) is 88.7 cm³/mol. The third-order valence-corrected chi connectivity index (χ3v) is 3.94. The number of rotatable bonds is 7. The summed E-state index contributed by atoms with van der Waals surface area (Å²) in [6.45, 7) is 6.26. The Bertz CT molecular complexity index is 598. The number of ketones is 1. The van der Waals surface area contributed by atoms with Crippen LogP contribution >= 0.6 is 0 Å². The fourth-order valence-electron chi connectivity index (χ4n) is 2.50.